The van der Waals surface area contributed by atoms with E-state index in [1.54, 1.807) is 7.11 Å². The zero-order chi connectivity index (χ0) is 10.6. The molecule has 0 aliphatic carbocycles. The molecule has 1 unspecified atom stereocenters. The monoisotopic (exact) mass is 203 g/mol. The van der Waals surface area contributed by atoms with Gasteiger partial charge in [-0.1, -0.05) is 20.3 Å². The van der Waals surface area contributed by atoms with Gasteiger partial charge in [0.15, 0.2) is 0 Å². The van der Waals surface area contributed by atoms with Crippen molar-refractivity contribution in [2.24, 2.45) is 0 Å². The fraction of sp³-hybridized carbons (Fsp3) is 1.00. The molecule has 0 aliphatic rings. The lowest BCUT2D eigenvalue weighted by atomic mass is 10.2. The van der Waals surface area contributed by atoms with Gasteiger partial charge in [-0.15, -0.1) is 0 Å². The predicted molar refractivity (Wildman–Crippen MR) is 59.7 cm³/mol. The molecule has 0 fully saturated rings. The molecule has 0 amide bonds. The van der Waals surface area contributed by atoms with E-state index in [1.165, 1.54) is 6.42 Å². The van der Waals surface area contributed by atoms with Crippen LogP contribution >= 0.6 is 0 Å². The van der Waals surface area contributed by atoms with Crippen molar-refractivity contribution in [2.45, 2.75) is 39.2 Å². The number of rotatable bonds is 10. The number of hydrogen-bond donors (Lipinski definition) is 1. The summed E-state index contributed by atoms with van der Waals surface area (Å²) in [5, 5.41) is 3.32. The molecule has 0 aliphatic heterocycles. The zero-order valence-electron chi connectivity index (χ0n) is 9.84. The van der Waals surface area contributed by atoms with E-state index in [4.69, 9.17) is 9.47 Å². The first kappa shape index (κ1) is 13.9. The quantitative estimate of drug-likeness (QED) is 0.549. The second-order valence-corrected chi connectivity index (χ2v) is 3.44. The molecular weight excluding hydrogens is 178 g/mol. The highest BCUT2D eigenvalue weighted by Crippen LogP contribution is 2.01. The Kier molecular flexibility index (Phi) is 10.9. The number of nitrogens with one attached hydrogen (secondary N) is 1. The zero-order valence-corrected chi connectivity index (χ0v) is 9.84. The van der Waals surface area contributed by atoms with E-state index in [2.05, 4.69) is 19.2 Å². The summed E-state index contributed by atoms with van der Waals surface area (Å²) < 4.78 is 10.7. The van der Waals surface area contributed by atoms with E-state index in [0.29, 0.717) is 6.10 Å². The standard InChI is InChI=1S/C11H25NO2/c1-4-7-11(10-12-5-2)14-9-6-8-13-3/h11-12H,4-10H2,1-3H3. The van der Waals surface area contributed by atoms with Crippen LogP contribution in [-0.4, -0.2) is 39.5 Å². The molecule has 1 N–H and O–H groups in total. The maximum atomic E-state index is 5.74. The maximum absolute atomic E-state index is 5.74. The molecule has 14 heavy (non-hydrogen) atoms. The largest absolute Gasteiger partial charge is 0.385 e. The van der Waals surface area contributed by atoms with Crippen LogP contribution in [0.4, 0.5) is 0 Å². The summed E-state index contributed by atoms with van der Waals surface area (Å²) in [5.41, 5.74) is 0. The van der Waals surface area contributed by atoms with Crippen LogP contribution in [0.15, 0.2) is 0 Å². The number of methoxy groups -OCH3 is 1. The van der Waals surface area contributed by atoms with Crippen molar-refractivity contribution < 1.29 is 9.47 Å². The van der Waals surface area contributed by atoms with E-state index in [-0.39, 0.29) is 0 Å². The van der Waals surface area contributed by atoms with Crippen LogP contribution in [-0.2, 0) is 9.47 Å². The summed E-state index contributed by atoms with van der Waals surface area (Å²) >= 11 is 0. The lowest BCUT2D eigenvalue weighted by molar-refractivity contribution is 0.0347. The van der Waals surface area contributed by atoms with Crippen molar-refractivity contribution in [1.29, 1.82) is 0 Å². The molecular formula is C11H25NO2. The highest BCUT2D eigenvalue weighted by molar-refractivity contribution is 4.60. The number of ether oxygens (including phenoxy) is 2. The van der Waals surface area contributed by atoms with E-state index in [0.717, 1.165) is 39.1 Å². The van der Waals surface area contributed by atoms with Crippen molar-refractivity contribution in [2.75, 3.05) is 33.4 Å². The fourth-order valence-corrected chi connectivity index (χ4v) is 1.32. The Morgan fingerprint density at radius 1 is 1.21 bits per heavy atom. The molecule has 0 saturated carbocycles. The van der Waals surface area contributed by atoms with Gasteiger partial charge < -0.3 is 14.8 Å². The average Bonchev–Trinajstić information content (AvgIpc) is 2.20. The van der Waals surface area contributed by atoms with Crippen LogP contribution in [0.1, 0.15) is 33.1 Å². The summed E-state index contributed by atoms with van der Waals surface area (Å²) in [6.45, 7) is 7.90. The summed E-state index contributed by atoms with van der Waals surface area (Å²) in [6, 6.07) is 0. The van der Waals surface area contributed by atoms with Crippen molar-refractivity contribution >= 4 is 0 Å². The van der Waals surface area contributed by atoms with E-state index in [1.807, 2.05) is 0 Å². The molecule has 86 valence electrons. The third-order valence-electron chi connectivity index (χ3n) is 2.08. The van der Waals surface area contributed by atoms with E-state index < -0.39 is 0 Å². The van der Waals surface area contributed by atoms with E-state index in [9.17, 15) is 0 Å². The lowest BCUT2D eigenvalue weighted by Crippen LogP contribution is -2.29. The lowest BCUT2D eigenvalue weighted by Gasteiger charge is -2.17. The van der Waals surface area contributed by atoms with Gasteiger partial charge in [0.2, 0.25) is 0 Å². The Morgan fingerprint density at radius 2 is 2.00 bits per heavy atom. The van der Waals surface area contributed by atoms with Crippen LogP contribution in [0.3, 0.4) is 0 Å². The third kappa shape index (κ3) is 8.48. The molecule has 0 radical (unpaired) electrons. The summed E-state index contributed by atoms with van der Waals surface area (Å²) in [4.78, 5) is 0. The van der Waals surface area contributed by atoms with Gasteiger partial charge in [-0.2, -0.15) is 0 Å². The normalized spacial score (nSPS) is 13.1. The van der Waals surface area contributed by atoms with Gasteiger partial charge >= 0.3 is 0 Å². The Bertz CT molecular complexity index is 109. The average molecular weight is 203 g/mol. The predicted octanol–water partition coefficient (Wildman–Crippen LogP) is 1.82. The molecule has 0 saturated heterocycles. The van der Waals surface area contributed by atoms with Crippen LogP contribution < -0.4 is 5.32 Å². The van der Waals surface area contributed by atoms with Crippen LogP contribution in [0.25, 0.3) is 0 Å². The molecule has 0 spiro atoms. The van der Waals surface area contributed by atoms with Crippen molar-refractivity contribution in [3.63, 3.8) is 0 Å². The molecule has 0 aromatic heterocycles. The van der Waals surface area contributed by atoms with E-state index >= 15 is 0 Å². The number of hydrogen-bond acceptors (Lipinski definition) is 3. The first-order valence-corrected chi connectivity index (χ1v) is 5.66. The van der Waals surface area contributed by atoms with Crippen molar-refractivity contribution in [1.82, 2.24) is 5.32 Å². The van der Waals surface area contributed by atoms with Crippen molar-refractivity contribution in [3.05, 3.63) is 0 Å². The molecule has 0 rings (SSSR count). The fourth-order valence-electron chi connectivity index (χ4n) is 1.32. The van der Waals surface area contributed by atoms with Crippen LogP contribution in [0.5, 0.6) is 0 Å². The second-order valence-electron chi connectivity index (χ2n) is 3.44. The van der Waals surface area contributed by atoms with Gasteiger partial charge in [-0.3, -0.25) is 0 Å². The first-order valence-electron chi connectivity index (χ1n) is 5.66. The smallest absolute Gasteiger partial charge is 0.0699 e. The Morgan fingerprint density at radius 3 is 2.57 bits per heavy atom. The Hall–Kier alpha value is -0.120. The van der Waals surface area contributed by atoms with Crippen LogP contribution in [0.2, 0.25) is 0 Å². The highest BCUT2D eigenvalue weighted by atomic mass is 16.5. The van der Waals surface area contributed by atoms with Gasteiger partial charge in [0.25, 0.3) is 0 Å². The maximum Gasteiger partial charge on any atom is 0.0699 e. The first-order chi connectivity index (χ1) is 6.85. The van der Waals surface area contributed by atoms with Gasteiger partial charge in [-0.05, 0) is 19.4 Å². The summed E-state index contributed by atoms with van der Waals surface area (Å²) in [6.07, 6.45) is 3.68. The third-order valence-corrected chi connectivity index (χ3v) is 2.08. The molecule has 0 aromatic carbocycles. The molecule has 3 heteroatoms. The van der Waals surface area contributed by atoms with Gasteiger partial charge in [0.1, 0.15) is 0 Å². The SMILES string of the molecule is CCCC(CNCC)OCCCOC. The van der Waals surface area contributed by atoms with Crippen molar-refractivity contribution in [3.8, 4) is 0 Å². The molecule has 0 aromatic rings. The minimum Gasteiger partial charge on any atom is -0.385 e. The van der Waals surface area contributed by atoms with Gasteiger partial charge in [-0.25, -0.2) is 0 Å². The number of likely N-dealkylation sites (N-methyl/N-ethyl adjacent to an activating group) is 1. The Balaban J connectivity index is 3.40. The molecule has 0 heterocycles. The van der Waals surface area contributed by atoms with Gasteiger partial charge in [0.05, 0.1) is 6.10 Å². The highest BCUT2D eigenvalue weighted by Gasteiger charge is 2.06. The topological polar surface area (TPSA) is 30.5 Å². The summed E-state index contributed by atoms with van der Waals surface area (Å²) in [5.74, 6) is 0. The minimum atomic E-state index is 0.372. The second kappa shape index (κ2) is 11.0. The Labute approximate surface area is 88.2 Å². The molecule has 3 nitrogen and oxygen atoms in total. The summed E-state index contributed by atoms with van der Waals surface area (Å²) in [7, 11) is 1.72. The molecule has 0 bridgehead atoms. The molecule has 1 atom stereocenters. The minimum absolute atomic E-state index is 0.372. The van der Waals surface area contributed by atoms with Gasteiger partial charge in [0, 0.05) is 26.9 Å². The van der Waals surface area contributed by atoms with Crippen LogP contribution in [0, 0.1) is 0 Å².